The van der Waals surface area contributed by atoms with E-state index in [0.717, 1.165) is 18.2 Å². The van der Waals surface area contributed by atoms with Crippen molar-refractivity contribution in [2.45, 2.75) is 6.42 Å². The second-order valence-corrected chi connectivity index (χ2v) is 2.88. The van der Waals surface area contributed by atoms with Crippen molar-refractivity contribution in [1.29, 1.82) is 5.26 Å². The van der Waals surface area contributed by atoms with Gasteiger partial charge in [-0.15, -0.1) is 0 Å². The zero-order valence-corrected chi connectivity index (χ0v) is 8.03. The molecule has 0 aliphatic carbocycles. The standard InChI is InChI=1S/C10H7FN2O3/c11-6-1-2-7(10(15)16)8(5-6)13-9(14)3-4-12/h1-2,5H,3H2,(H,13,14)(H,15,16). The van der Waals surface area contributed by atoms with E-state index in [-0.39, 0.29) is 11.3 Å². The molecule has 6 heteroatoms. The van der Waals surface area contributed by atoms with Gasteiger partial charge in [-0.2, -0.15) is 5.26 Å². The van der Waals surface area contributed by atoms with E-state index in [0.29, 0.717) is 0 Å². The van der Waals surface area contributed by atoms with Gasteiger partial charge in [-0.1, -0.05) is 0 Å². The highest BCUT2D eigenvalue weighted by Crippen LogP contribution is 2.17. The number of nitrogens with one attached hydrogen (secondary N) is 1. The van der Waals surface area contributed by atoms with Crippen LogP contribution in [0, 0.1) is 17.1 Å². The lowest BCUT2D eigenvalue weighted by Crippen LogP contribution is -2.13. The lowest BCUT2D eigenvalue weighted by atomic mass is 10.1. The number of anilines is 1. The number of carbonyl (C=O) groups excluding carboxylic acids is 1. The third-order valence-corrected chi connectivity index (χ3v) is 1.73. The molecule has 0 saturated carbocycles. The third kappa shape index (κ3) is 2.78. The van der Waals surface area contributed by atoms with E-state index >= 15 is 0 Å². The van der Waals surface area contributed by atoms with E-state index in [1.807, 2.05) is 0 Å². The molecule has 2 N–H and O–H groups in total. The van der Waals surface area contributed by atoms with Crippen LogP contribution in [-0.2, 0) is 4.79 Å². The van der Waals surface area contributed by atoms with Crippen LogP contribution in [0.2, 0.25) is 0 Å². The average Bonchev–Trinajstić information content (AvgIpc) is 2.17. The fourth-order valence-corrected chi connectivity index (χ4v) is 1.07. The van der Waals surface area contributed by atoms with Crippen molar-refractivity contribution in [3.05, 3.63) is 29.6 Å². The van der Waals surface area contributed by atoms with Gasteiger partial charge in [-0.25, -0.2) is 9.18 Å². The van der Waals surface area contributed by atoms with Gasteiger partial charge in [0.2, 0.25) is 5.91 Å². The Hall–Kier alpha value is -2.42. The SMILES string of the molecule is N#CCC(=O)Nc1cc(F)ccc1C(=O)O. The molecule has 0 unspecified atom stereocenters. The fourth-order valence-electron chi connectivity index (χ4n) is 1.07. The summed E-state index contributed by atoms with van der Waals surface area (Å²) in [6.07, 6.45) is -0.421. The summed E-state index contributed by atoms with van der Waals surface area (Å²) in [5, 5.41) is 19.2. The van der Waals surface area contributed by atoms with Crippen LogP contribution < -0.4 is 5.32 Å². The van der Waals surface area contributed by atoms with Crippen molar-refractivity contribution in [1.82, 2.24) is 0 Å². The summed E-state index contributed by atoms with van der Waals surface area (Å²) in [6, 6.07) is 4.50. The van der Waals surface area contributed by atoms with Gasteiger partial charge in [-0.3, -0.25) is 4.79 Å². The Morgan fingerprint density at radius 1 is 1.50 bits per heavy atom. The Bertz CT molecular complexity index is 479. The van der Waals surface area contributed by atoms with Gasteiger partial charge in [-0.05, 0) is 18.2 Å². The number of aromatic carboxylic acids is 1. The van der Waals surface area contributed by atoms with E-state index < -0.39 is 24.1 Å². The maximum atomic E-state index is 12.8. The molecule has 1 amide bonds. The molecule has 0 heterocycles. The molecule has 0 aliphatic heterocycles. The molecule has 16 heavy (non-hydrogen) atoms. The summed E-state index contributed by atoms with van der Waals surface area (Å²) in [7, 11) is 0. The van der Waals surface area contributed by atoms with Crippen LogP contribution in [0.5, 0.6) is 0 Å². The smallest absolute Gasteiger partial charge is 0.337 e. The average molecular weight is 222 g/mol. The molecule has 0 aromatic heterocycles. The lowest BCUT2D eigenvalue weighted by Gasteiger charge is -2.06. The largest absolute Gasteiger partial charge is 0.478 e. The number of halogens is 1. The van der Waals surface area contributed by atoms with E-state index in [1.54, 1.807) is 6.07 Å². The van der Waals surface area contributed by atoms with Gasteiger partial charge in [0.15, 0.2) is 0 Å². The first-order valence-electron chi connectivity index (χ1n) is 4.24. The van der Waals surface area contributed by atoms with Gasteiger partial charge >= 0.3 is 5.97 Å². The summed E-state index contributed by atoms with van der Waals surface area (Å²) in [4.78, 5) is 21.8. The van der Waals surface area contributed by atoms with E-state index in [9.17, 15) is 14.0 Å². The lowest BCUT2D eigenvalue weighted by molar-refractivity contribution is -0.115. The molecule has 0 spiro atoms. The van der Waals surface area contributed by atoms with Gasteiger partial charge in [0.05, 0.1) is 17.3 Å². The molecule has 0 aliphatic rings. The monoisotopic (exact) mass is 222 g/mol. The first-order chi connectivity index (χ1) is 7.54. The zero-order valence-electron chi connectivity index (χ0n) is 8.03. The molecule has 0 radical (unpaired) electrons. The third-order valence-electron chi connectivity index (χ3n) is 1.73. The number of nitrogens with zero attached hydrogens (tertiary/aromatic N) is 1. The number of rotatable bonds is 3. The molecule has 0 saturated heterocycles. The van der Waals surface area contributed by atoms with Crippen LogP contribution in [0.1, 0.15) is 16.8 Å². The van der Waals surface area contributed by atoms with Crippen LogP contribution in [0.25, 0.3) is 0 Å². The summed E-state index contributed by atoms with van der Waals surface area (Å²) >= 11 is 0. The normalized spacial score (nSPS) is 9.25. The highest BCUT2D eigenvalue weighted by molar-refractivity contribution is 6.00. The van der Waals surface area contributed by atoms with Crippen LogP contribution >= 0.6 is 0 Å². The topological polar surface area (TPSA) is 90.2 Å². The zero-order chi connectivity index (χ0) is 12.1. The Balaban J connectivity index is 3.02. The van der Waals surface area contributed by atoms with E-state index in [2.05, 4.69) is 5.32 Å². The van der Waals surface area contributed by atoms with Crippen molar-refractivity contribution in [3.63, 3.8) is 0 Å². The summed E-state index contributed by atoms with van der Waals surface area (Å²) in [6.45, 7) is 0. The van der Waals surface area contributed by atoms with Crippen molar-refractivity contribution >= 4 is 17.6 Å². The number of hydrogen-bond acceptors (Lipinski definition) is 3. The van der Waals surface area contributed by atoms with Gasteiger partial charge in [0, 0.05) is 0 Å². The molecular weight excluding hydrogens is 215 g/mol. The highest BCUT2D eigenvalue weighted by Gasteiger charge is 2.12. The number of carboxylic acid groups (broad SMARTS) is 1. The van der Waals surface area contributed by atoms with Crippen LogP contribution in [-0.4, -0.2) is 17.0 Å². The molecule has 1 aromatic rings. The molecule has 5 nitrogen and oxygen atoms in total. The number of carboxylic acids is 1. The minimum atomic E-state index is -1.28. The molecular formula is C10H7FN2O3. The maximum Gasteiger partial charge on any atom is 0.337 e. The number of nitriles is 1. The number of hydrogen-bond donors (Lipinski definition) is 2. The van der Waals surface area contributed by atoms with Crippen LogP contribution in [0.3, 0.4) is 0 Å². The Morgan fingerprint density at radius 2 is 2.19 bits per heavy atom. The molecule has 1 aromatic carbocycles. The summed E-state index contributed by atoms with van der Waals surface area (Å²) < 4.78 is 12.8. The van der Waals surface area contributed by atoms with Crippen molar-refractivity contribution in [2.24, 2.45) is 0 Å². The molecule has 0 fully saturated rings. The number of benzene rings is 1. The first kappa shape index (κ1) is 11.7. The van der Waals surface area contributed by atoms with Crippen LogP contribution in [0.4, 0.5) is 10.1 Å². The minimum Gasteiger partial charge on any atom is -0.478 e. The summed E-state index contributed by atoms with van der Waals surface area (Å²) in [5.41, 5.74) is -0.388. The van der Waals surface area contributed by atoms with Gasteiger partial charge in [0.25, 0.3) is 0 Å². The second kappa shape index (κ2) is 4.89. The Kier molecular flexibility index (Phi) is 3.56. The fraction of sp³-hybridized carbons (Fsp3) is 0.100. The van der Waals surface area contributed by atoms with Crippen molar-refractivity contribution < 1.29 is 19.1 Å². The predicted molar refractivity (Wildman–Crippen MR) is 52.2 cm³/mol. The molecule has 0 bridgehead atoms. The number of carbonyl (C=O) groups is 2. The molecule has 1 rings (SSSR count). The number of amides is 1. The Morgan fingerprint density at radius 3 is 2.75 bits per heavy atom. The van der Waals surface area contributed by atoms with Gasteiger partial charge in [0.1, 0.15) is 12.2 Å². The van der Waals surface area contributed by atoms with E-state index in [4.69, 9.17) is 10.4 Å². The van der Waals surface area contributed by atoms with Crippen molar-refractivity contribution in [2.75, 3.05) is 5.32 Å². The molecule has 0 atom stereocenters. The van der Waals surface area contributed by atoms with E-state index in [1.165, 1.54) is 0 Å². The highest BCUT2D eigenvalue weighted by atomic mass is 19.1. The Labute approximate surface area is 90.1 Å². The van der Waals surface area contributed by atoms with Crippen LogP contribution in [0.15, 0.2) is 18.2 Å². The summed E-state index contributed by atoms with van der Waals surface area (Å²) in [5.74, 6) is -2.64. The quantitative estimate of drug-likeness (QED) is 0.808. The first-order valence-corrected chi connectivity index (χ1v) is 4.24. The minimum absolute atomic E-state index is 0.159. The van der Waals surface area contributed by atoms with Crippen molar-refractivity contribution in [3.8, 4) is 6.07 Å². The second-order valence-electron chi connectivity index (χ2n) is 2.88. The molecule has 82 valence electrons. The predicted octanol–water partition coefficient (Wildman–Crippen LogP) is 1.38. The maximum absolute atomic E-state index is 12.8. The van der Waals surface area contributed by atoms with Gasteiger partial charge < -0.3 is 10.4 Å².